The van der Waals surface area contributed by atoms with Gasteiger partial charge in [0, 0.05) is 5.02 Å². The Kier molecular flexibility index (Phi) is 4.64. The first kappa shape index (κ1) is 17.3. The van der Waals surface area contributed by atoms with Crippen molar-refractivity contribution in [2.45, 2.75) is 31.4 Å². The second-order valence-corrected chi connectivity index (χ2v) is 7.21. The van der Waals surface area contributed by atoms with E-state index in [-0.39, 0.29) is 25.0 Å². The third kappa shape index (κ3) is 3.31. The van der Waals surface area contributed by atoms with Gasteiger partial charge in [-0.2, -0.15) is 0 Å². The molecule has 130 valence electrons. The summed E-state index contributed by atoms with van der Waals surface area (Å²) in [4.78, 5) is 25.6. The summed E-state index contributed by atoms with van der Waals surface area (Å²) in [6.45, 7) is 1.51. The van der Waals surface area contributed by atoms with E-state index >= 15 is 0 Å². The number of carbonyl (C=O) groups is 2. The Morgan fingerprint density at radius 1 is 1.42 bits per heavy atom. The molecule has 2 N–H and O–H groups in total. The van der Waals surface area contributed by atoms with E-state index < -0.39 is 17.7 Å². The molecule has 3 rings (SSSR count). The first-order valence-electron chi connectivity index (χ1n) is 7.71. The van der Waals surface area contributed by atoms with Crippen LogP contribution in [0.4, 0.5) is 4.79 Å². The average molecular weight is 373 g/mol. The van der Waals surface area contributed by atoms with Crippen LogP contribution in [0.5, 0.6) is 5.75 Å². The van der Waals surface area contributed by atoms with Gasteiger partial charge in [0.15, 0.2) is 0 Å². The molecular formula is C16H18Cl2N2O4. The fourth-order valence-electron chi connectivity index (χ4n) is 2.86. The monoisotopic (exact) mass is 372 g/mol. The van der Waals surface area contributed by atoms with Gasteiger partial charge in [-0.25, -0.2) is 4.79 Å². The number of aliphatic hydroxyl groups is 1. The number of rotatable bonds is 6. The van der Waals surface area contributed by atoms with Crippen LogP contribution in [0.2, 0.25) is 10.0 Å². The zero-order chi connectivity index (χ0) is 17.5. The number of benzene rings is 1. The van der Waals surface area contributed by atoms with E-state index in [2.05, 4.69) is 5.32 Å². The van der Waals surface area contributed by atoms with Crippen molar-refractivity contribution in [3.8, 4) is 5.75 Å². The molecular weight excluding hydrogens is 355 g/mol. The van der Waals surface area contributed by atoms with Gasteiger partial charge < -0.3 is 15.2 Å². The van der Waals surface area contributed by atoms with Crippen molar-refractivity contribution in [3.05, 3.63) is 28.2 Å². The van der Waals surface area contributed by atoms with E-state index in [1.807, 2.05) is 0 Å². The number of ether oxygens (including phenoxy) is 1. The predicted molar refractivity (Wildman–Crippen MR) is 89.3 cm³/mol. The van der Waals surface area contributed by atoms with Gasteiger partial charge in [0.1, 0.15) is 24.0 Å². The van der Waals surface area contributed by atoms with E-state index in [0.717, 1.165) is 17.7 Å². The highest BCUT2D eigenvalue weighted by Crippen LogP contribution is 2.42. The molecule has 1 saturated heterocycles. The largest absolute Gasteiger partial charge is 0.489 e. The fraction of sp³-hybridized carbons (Fsp3) is 0.500. The highest BCUT2D eigenvalue weighted by Gasteiger charge is 2.56. The lowest BCUT2D eigenvalue weighted by Gasteiger charge is -2.22. The SMILES string of the molecule is CC1(C2CC2)NC(=O)N(CC(O)COc2ccc(Cl)cc2Cl)C1=O. The van der Waals surface area contributed by atoms with Crippen LogP contribution in [0.3, 0.4) is 0 Å². The highest BCUT2D eigenvalue weighted by molar-refractivity contribution is 6.35. The quantitative estimate of drug-likeness (QED) is 0.751. The summed E-state index contributed by atoms with van der Waals surface area (Å²) in [6.07, 6.45) is 0.835. The molecule has 2 fully saturated rings. The van der Waals surface area contributed by atoms with Crippen LogP contribution >= 0.6 is 23.2 Å². The molecule has 8 heteroatoms. The van der Waals surface area contributed by atoms with E-state index in [1.165, 1.54) is 6.07 Å². The van der Waals surface area contributed by atoms with Crippen LogP contribution in [0.25, 0.3) is 0 Å². The highest BCUT2D eigenvalue weighted by atomic mass is 35.5. The van der Waals surface area contributed by atoms with Crippen molar-refractivity contribution in [1.82, 2.24) is 10.2 Å². The van der Waals surface area contributed by atoms with Crippen LogP contribution in [-0.4, -0.2) is 46.7 Å². The smallest absolute Gasteiger partial charge is 0.325 e. The summed E-state index contributed by atoms with van der Waals surface area (Å²) in [5.41, 5.74) is -0.850. The molecule has 0 spiro atoms. The van der Waals surface area contributed by atoms with Gasteiger partial charge in [-0.15, -0.1) is 0 Å². The first-order chi connectivity index (χ1) is 11.3. The number of halogens is 2. The van der Waals surface area contributed by atoms with E-state index in [4.69, 9.17) is 27.9 Å². The summed E-state index contributed by atoms with van der Waals surface area (Å²) in [5, 5.41) is 13.6. The Balaban J connectivity index is 1.57. The molecule has 1 aromatic carbocycles. The number of imide groups is 1. The Hall–Kier alpha value is -1.50. The van der Waals surface area contributed by atoms with Crippen LogP contribution in [0.15, 0.2) is 18.2 Å². The number of carbonyl (C=O) groups excluding carboxylic acids is 2. The van der Waals surface area contributed by atoms with Crippen molar-refractivity contribution >= 4 is 35.1 Å². The Morgan fingerprint density at radius 3 is 2.75 bits per heavy atom. The number of nitrogens with zero attached hydrogens (tertiary/aromatic N) is 1. The molecule has 3 amide bonds. The third-order valence-electron chi connectivity index (χ3n) is 4.41. The number of aliphatic hydroxyl groups excluding tert-OH is 1. The zero-order valence-electron chi connectivity index (χ0n) is 13.1. The number of amides is 3. The lowest BCUT2D eigenvalue weighted by Crippen LogP contribution is -2.46. The maximum atomic E-state index is 12.5. The van der Waals surface area contributed by atoms with Crippen molar-refractivity contribution in [2.75, 3.05) is 13.2 Å². The lowest BCUT2D eigenvalue weighted by atomic mass is 9.96. The summed E-state index contributed by atoms with van der Waals surface area (Å²) >= 11 is 11.8. The van der Waals surface area contributed by atoms with Crippen LogP contribution in [-0.2, 0) is 4.79 Å². The maximum absolute atomic E-state index is 12.5. The molecule has 1 saturated carbocycles. The van der Waals surface area contributed by atoms with Crippen LogP contribution in [0.1, 0.15) is 19.8 Å². The Bertz CT molecular complexity index is 680. The minimum Gasteiger partial charge on any atom is -0.489 e. The van der Waals surface area contributed by atoms with Crippen LogP contribution in [0, 0.1) is 5.92 Å². The molecule has 24 heavy (non-hydrogen) atoms. The summed E-state index contributed by atoms with van der Waals surface area (Å²) in [5.74, 6) is 0.263. The molecule has 1 aliphatic heterocycles. The van der Waals surface area contributed by atoms with E-state index in [0.29, 0.717) is 15.8 Å². The number of β-amino-alcohol motifs (C(OH)–C–C–N with tert-alkyl or cyclic N) is 1. The number of hydrogen-bond acceptors (Lipinski definition) is 4. The van der Waals surface area contributed by atoms with Crippen molar-refractivity contribution in [3.63, 3.8) is 0 Å². The van der Waals surface area contributed by atoms with Crippen molar-refractivity contribution < 1.29 is 19.4 Å². The Labute approximate surface area is 149 Å². The number of urea groups is 1. The van der Waals surface area contributed by atoms with Crippen molar-refractivity contribution in [1.29, 1.82) is 0 Å². The van der Waals surface area contributed by atoms with Gasteiger partial charge in [0.2, 0.25) is 0 Å². The molecule has 2 aliphatic rings. The second kappa shape index (κ2) is 6.43. The summed E-state index contributed by atoms with van der Waals surface area (Å²) in [6, 6.07) is 4.27. The number of nitrogens with one attached hydrogen (secondary N) is 1. The molecule has 1 aromatic rings. The van der Waals surface area contributed by atoms with Gasteiger partial charge in [-0.3, -0.25) is 9.69 Å². The fourth-order valence-corrected chi connectivity index (χ4v) is 3.32. The van der Waals surface area contributed by atoms with Gasteiger partial charge in [0.05, 0.1) is 11.6 Å². The maximum Gasteiger partial charge on any atom is 0.325 e. The second-order valence-electron chi connectivity index (χ2n) is 6.36. The molecule has 1 aliphatic carbocycles. The van der Waals surface area contributed by atoms with Gasteiger partial charge >= 0.3 is 6.03 Å². The molecule has 0 bridgehead atoms. The standard InChI is InChI=1S/C16H18Cl2N2O4/c1-16(9-2-3-9)14(22)20(15(23)19-16)7-11(21)8-24-13-5-4-10(17)6-12(13)18/h4-6,9,11,21H,2-3,7-8H2,1H3,(H,19,23). The molecule has 6 nitrogen and oxygen atoms in total. The minimum atomic E-state index is -1.02. The average Bonchev–Trinajstić information content (AvgIpc) is 3.33. The van der Waals surface area contributed by atoms with Gasteiger partial charge in [-0.1, -0.05) is 23.2 Å². The minimum absolute atomic E-state index is 0.0987. The molecule has 2 atom stereocenters. The van der Waals surface area contributed by atoms with Crippen molar-refractivity contribution in [2.24, 2.45) is 5.92 Å². The van der Waals surface area contributed by atoms with Crippen LogP contribution < -0.4 is 10.1 Å². The van der Waals surface area contributed by atoms with E-state index in [1.54, 1.807) is 19.1 Å². The zero-order valence-corrected chi connectivity index (χ0v) is 14.6. The summed E-state index contributed by atoms with van der Waals surface area (Å²) < 4.78 is 5.44. The molecule has 0 aromatic heterocycles. The summed E-state index contributed by atoms with van der Waals surface area (Å²) in [7, 11) is 0. The molecule has 0 radical (unpaired) electrons. The Morgan fingerprint density at radius 2 is 2.12 bits per heavy atom. The number of hydrogen-bond donors (Lipinski definition) is 2. The molecule has 2 unspecified atom stereocenters. The first-order valence-corrected chi connectivity index (χ1v) is 8.47. The van der Waals surface area contributed by atoms with Gasteiger partial charge in [-0.05, 0) is 43.9 Å². The molecule has 1 heterocycles. The van der Waals surface area contributed by atoms with Gasteiger partial charge in [0.25, 0.3) is 5.91 Å². The lowest BCUT2D eigenvalue weighted by molar-refractivity contribution is -0.132. The predicted octanol–water partition coefficient (Wildman–Crippen LogP) is 2.45. The van der Waals surface area contributed by atoms with E-state index in [9.17, 15) is 14.7 Å². The normalized spacial score (nSPS) is 24.9. The third-order valence-corrected chi connectivity index (χ3v) is 4.94. The topological polar surface area (TPSA) is 78.9 Å².